The van der Waals surface area contributed by atoms with Crippen molar-refractivity contribution in [3.63, 3.8) is 0 Å². The zero-order valence-corrected chi connectivity index (χ0v) is 12.7. The van der Waals surface area contributed by atoms with Crippen LogP contribution in [0.15, 0.2) is 54.7 Å². The summed E-state index contributed by atoms with van der Waals surface area (Å²) in [5, 5.41) is 3.80. The van der Waals surface area contributed by atoms with Crippen LogP contribution >= 0.6 is 0 Å². The monoisotopic (exact) mass is 330 g/mol. The first-order chi connectivity index (χ1) is 9.78. The molecule has 0 saturated carbocycles. The molecular weight excluding hydrogens is 315 g/mol. The molecule has 3 rings (SSSR count). The molecule has 0 unspecified atom stereocenters. The second kappa shape index (κ2) is 5.53. The molecule has 0 bridgehead atoms. The van der Waals surface area contributed by atoms with Crippen molar-refractivity contribution in [1.29, 1.82) is 0 Å². The average molecular weight is 329 g/mol. The van der Waals surface area contributed by atoms with Crippen LogP contribution in [0, 0.1) is 0 Å². The van der Waals surface area contributed by atoms with Crippen molar-refractivity contribution in [1.82, 2.24) is 10.3 Å². The quantitative estimate of drug-likeness (QED) is 0.697. The van der Waals surface area contributed by atoms with Crippen LogP contribution in [-0.2, 0) is 0 Å². The van der Waals surface area contributed by atoms with Crippen LogP contribution in [0.3, 0.4) is 0 Å². The van der Waals surface area contributed by atoms with E-state index in [9.17, 15) is 4.79 Å². The van der Waals surface area contributed by atoms with Gasteiger partial charge in [-0.15, -0.1) is 0 Å². The van der Waals surface area contributed by atoms with Gasteiger partial charge in [-0.3, -0.25) is 0 Å². The summed E-state index contributed by atoms with van der Waals surface area (Å²) in [6, 6.07) is 16.2. The molecular formula is C16H14N2OSe. The molecule has 1 amide bonds. The fourth-order valence-electron chi connectivity index (χ4n) is 2.08. The average Bonchev–Trinajstić information content (AvgIpc) is 2.90. The number of hydrogen-bond donors (Lipinski definition) is 2. The molecule has 0 aliphatic rings. The van der Waals surface area contributed by atoms with E-state index in [-0.39, 0.29) is 20.9 Å². The van der Waals surface area contributed by atoms with Crippen LogP contribution in [0.4, 0.5) is 0 Å². The van der Waals surface area contributed by atoms with Gasteiger partial charge in [0.25, 0.3) is 0 Å². The molecule has 100 valence electrons. The predicted octanol–water partition coefficient (Wildman–Crippen LogP) is 1.18. The Morgan fingerprint density at radius 1 is 1.15 bits per heavy atom. The van der Waals surface area contributed by atoms with E-state index in [1.807, 2.05) is 30.5 Å². The summed E-state index contributed by atoms with van der Waals surface area (Å²) in [6.45, 7) is 0. The Bertz CT molecular complexity index is 750. The summed E-state index contributed by atoms with van der Waals surface area (Å²) in [6.07, 6.45) is 2.05. The maximum absolute atomic E-state index is 11.7. The minimum absolute atomic E-state index is 0.0498. The first kappa shape index (κ1) is 13.0. The van der Waals surface area contributed by atoms with Gasteiger partial charge in [0.1, 0.15) is 0 Å². The van der Waals surface area contributed by atoms with E-state index < -0.39 is 0 Å². The number of amides is 1. The van der Waals surface area contributed by atoms with E-state index >= 15 is 0 Å². The Balaban J connectivity index is 2.01. The number of fused-ring (bicyclic) bond motifs is 1. The van der Waals surface area contributed by atoms with Crippen molar-refractivity contribution < 1.29 is 4.79 Å². The number of aromatic nitrogens is 1. The van der Waals surface area contributed by atoms with Crippen LogP contribution in [-0.4, -0.2) is 32.9 Å². The summed E-state index contributed by atoms with van der Waals surface area (Å²) in [7, 11) is 1.65. The number of aromatic amines is 1. The molecule has 0 fully saturated rings. The number of rotatable bonds is 3. The number of nitrogens with one attached hydrogen (secondary N) is 2. The fraction of sp³-hybridized carbons (Fsp3) is 0.0625. The van der Waals surface area contributed by atoms with Crippen LogP contribution in [0.25, 0.3) is 10.9 Å². The van der Waals surface area contributed by atoms with Crippen molar-refractivity contribution >= 4 is 40.7 Å². The zero-order chi connectivity index (χ0) is 13.9. The number of H-pyrrole nitrogens is 1. The van der Waals surface area contributed by atoms with E-state index in [1.165, 1.54) is 8.92 Å². The van der Waals surface area contributed by atoms with Gasteiger partial charge in [-0.1, -0.05) is 0 Å². The van der Waals surface area contributed by atoms with Crippen LogP contribution in [0.1, 0.15) is 10.4 Å². The minimum atomic E-state index is -0.0498. The Morgan fingerprint density at radius 3 is 2.70 bits per heavy atom. The third-order valence-electron chi connectivity index (χ3n) is 3.10. The molecule has 1 aromatic heterocycles. The second-order valence-electron chi connectivity index (χ2n) is 4.41. The van der Waals surface area contributed by atoms with E-state index in [4.69, 9.17) is 0 Å². The van der Waals surface area contributed by atoms with Crippen molar-refractivity contribution in [2.45, 2.75) is 0 Å². The molecule has 1 heterocycles. The van der Waals surface area contributed by atoms with E-state index in [2.05, 4.69) is 34.6 Å². The van der Waals surface area contributed by atoms with E-state index in [0.29, 0.717) is 5.56 Å². The Labute approximate surface area is 123 Å². The van der Waals surface area contributed by atoms with Gasteiger partial charge in [-0.25, -0.2) is 0 Å². The van der Waals surface area contributed by atoms with Gasteiger partial charge in [-0.05, 0) is 0 Å². The molecule has 0 atom stereocenters. The van der Waals surface area contributed by atoms with Crippen LogP contribution < -0.4 is 14.2 Å². The summed E-state index contributed by atoms with van der Waals surface area (Å²) in [5.41, 5.74) is 1.77. The second-order valence-corrected chi connectivity index (χ2v) is 6.75. The van der Waals surface area contributed by atoms with Gasteiger partial charge in [-0.2, -0.15) is 0 Å². The number of carbonyl (C=O) groups excluding carboxylic acids is 1. The number of carbonyl (C=O) groups is 1. The maximum atomic E-state index is 11.7. The van der Waals surface area contributed by atoms with E-state index in [0.717, 1.165) is 10.9 Å². The molecule has 0 saturated heterocycles. The van der Waals surface area contributed by atoms with Gasteiger partial charge < -0.3 is 0 Å². The first-order valence-electron chi connectivity index (χ1n) is 6.34. The van der Waals surface area contributed by atoms with Crippen molar-refractivity contribution in [2.75, 3.05) is 7.05 Å². The zero-order valence-electron chi connectivity index (χ0n) is 11.0. The summed E-state index contributed by atoms with van der Waals surface area (Å²) in [5.74, 6) is -0.0498. The van der Waals surface area contributed by atoms with Gasteiger partial charge in [0.15, 0.2) is 0 Å². The van der Waals surface area contributed by atoms with Gasteiger partial charge >= 0.3 is 123 Å². The van der Waals surface area contributed by atoms with Gasteiger partial charge in [0.05, 0.1) is 0 Å². The number of benzene rings is 2. The Hall–Kier alpha value is -2.03. The standard InChI is InChI=1S/C16H14N2OSe/c1-17-16(19)11-7-8-14-13(9-11)15(10-18-14)20-12-5-3-2-4-6-12/h2-10,18H,1H3,(H,17,19). The van der Waals surface area contributed by atoms with Gasteiger partial charge in [0, 0.05) is 0 Å². The van der Waals surface area contributed by atoms with Crippen molar-refractivity contribution in [2.24, 2.45) is 0 Å². The molecule has 20 heavy (non-hydrogen) atoms. The SMILES string of the molecule is CNC(=O)c1ccc2[nH]cc([Se]c3ccccc3)c2c1. The Kier molecular flexibility index (Phi) is 3.59. The predicted molar refractivity (Wildman–Crippen MR) is 83.2 cm³/mol. The van der Waals surface area contributed by atoms with Crippen molar-refractivity contribution in [3.05, 3.63) is 60.3 Å². The normalized spacial score (nSPS) is 10.7. The topological polar surface area (TPSA) is 44.9 Å². The number of hydrogen-bond acceptors (Lipinski definition) is 1. The third kappa shape index (κ3) is 2.48. The molecule has 3 nitrogen and oxygen atoms in total. The summed E-state index contributed by atoms with van der Waals surface area (Å²) < 4.78 is 2.59. The summed E-state index contributed by atoms with van der Waals surface area (Å²) >= 11 is 0.237. The van der Waals surface area contributed by atoms with Gasteiger partial charge in [0.2, 0.25) is 0 Å². The van der Waals surface area contributed by atoms with E-state index in [1.54, 1.807) is 7.05 Å². The first-order valence-corrected chi connectivity index (χ1v) is 8.05. The van der Waals surface area contributed by atoms with Crippen molar-refractivity contribution in [3.8, 4) is 0 Å². The van der Waals surface area contributed by atoms with Crippen LogP contribution in [0.2, 0.25) is 0 Å². The van der Waals surface area contributed by atoms with Crippen LogP contribution in [0.5, 0.6) is 0 Å². The molecule has 2 aromatic carbocycles. The molecule has 0 aliphatic heterocycles. The molecule has 0 radical (unpaired) electrons. The Morgan fingerprint density at radius 2 is 1.95 bits per heavy atom. The molecule has 0 spiro atoms. The third-order valence-corrected chi connectivity index (χ3v) is 5.34. The molecule has 3 aromatic rings. The molecule has 2 N–H and O–H groups in total. The summed E-state index contributed by atoms with van der Waals surface area (Å²) in [4.78, 5) is 15.0. The molecule has 0 aliphatic carbocycles. The fourth-order valence-corrected chi connectivity index (χ4v) is 4.06. The molecule has 4 heteroatoms.